The van der Waals surface area contributed by atoms with Crippen LogP contribution in [-0.2, 0) is 14.3 Å². The van der Waals surface area contributed by atoms with E-state index < -0.39 is 12.1 Å². The van der Waals surface area contributed by atoms with Crippen LogP contribution < -0.4 is 0 Å². The Hall–Kier alpha value is -1.55. The minimum absolute atomic E-state index is 0.0925. The molecule has 1 atom stereocenters. The average molecular weight is 238 g/mol. The molecule has 94 valence electrons. The molecule has 0 aromatic heterocycles. The summed E-state index contributed by atoms with van der Waals surface area (Å²) < 4.78 is 10.1. The van der Waals surface area contributed by atoms with E-state index in [-0.39, 0.29) is 13.2 Å². The summed E-state index contributed by atoms with van der Waals surface area (Å²) in [4.78, 5) is 10.8. The van der Waals surface area contributed by atoms with E-state index in [9.17, 15) is 9.90 Å². The Balaban J connectivity index is 2.27. The van der Waals surface area contributed by atoms with E-state index in [0.717, 1.165) is 24.7 Å². The minimum Gasteiger partial charge on any atom is -0.491 e. The molecule has 4 nitrogen and oxygen atoms in total. The van der Waals surface area contributed by atoms with Crippen LogP contribution >= 0.6 is 0 Å². The molecule has 0 amide bonds. The van der Waals surface area contributed by atoms with Gasteiger partial charge in [-0.3, -0.25) is 0 Å². The second-order valence-corrected chi connectivity index (χ2v) is 3.82. The van der Waals surface area contributed by atoms with E-state index in [1.165, 1.54) is 12.0 Å². The molecule has 0 spiro atoms. The maximum atomic E-state index is 10.8. The third-order valence-corrected chi connectivity index (χ3v) is 2.51. The molecule has 1 aliphatic rings. The van der Waals surface area contributed by atoms with Crippen molar-refractivity contribution < 1.29 is 19.4 Å². The molecule has 1 N–H and O–H groups in total. The SMILES string of the molecule is C=CC(=O)OCC(O)COC(C=C)=C1CCC1. The van der Waals surface area contributed by atoms with E-state index >= 15 is 0 Å². The summed E-state index contributed by atoms with van der Waals surface area (Å²) in [7, 11) is 0. The summed E-state index contributed by atoms with van der Waals surface area (Å²) in [6, 6.07) is 0. The Labute approximate surface area is 101 Å². The summed E-state index contributed by atoms with van der Waals surface area (Å²) in [6.45, 7) is 6.93. The molecule has 1 aliphatic carbocycles. The van der Waals surface area contributed by atoms with Crippen molar-refractivity contribution >= 4 is 5.97 Å². The van der Waals surface area contributed by atoms with Crippen LogP contribution in [0.5, 0.6) is 0 Å². The van der Waals surface area contributed by atoms with Crippen LogP contribution in [0.2, 0.25) is 0 Å². The number of hydrogen-bond donors (Lipinski definition) is 1. The Morgan fingerprint density at radius 2 is 1.94 bits per heavy atom. The Bertz CT molecular complexity index is 324. The van der Waals surface area contributed by atoms with Crippen LogP contribution in [-0.4, -0.2) is 30.4 Å². The molecular weight excluding hydrogens is 220 g/mol. The minimum atomic E-state index is -0.838. The van der Waals surface area contributed by atoms with Gasteiger partial charge in [0.15, 0.2) is 0 Å². The van der Waals surface area contributed by atoms with Gasteiger partial charge in [0, 0.05) is 6.08 Å². The lowest BCUT2D eigenvalue weighted by atomic mass is 9.91. The van der Waals surface area contributed by atoms with Gasteiger partial charge in [0.25, 0.3) is 0 Å². The lowest BCUT2D eigenvalue weighted by molar-refractivity contribution is -0.141. The number of hydrogen-bond acceptors (Lipinski definition) is 4. The van der Waals surface area contributed by atoms with Gasteiger partial charge in [0.2, 0.25) is 0 Å². The molecule has 1 fully saturated rings. The molecule has 0 aromatic carbocycles. The number of aliphatic hydroxyl groups excluding tert-OH is 1. The van der Waals surface area contributed by atoms with Crippen LogP contribution in [0, 0.1) is 0 Å². The fourth-order valence-corrected chi connectivity index (χ4v) is 1.38. The molecule has 1 saturated carbocycles. The first-order valence-corrected chi connectivity index (χ1v) is 5.62. The first-order valence-electron chi connectivity index (χ1n) is 5.62. The van der Waals surface area contributed by atoms with Gasteiger partial charge in [-0.05, 0) is 30.9 Å². The lowest BCUT2D eigenvalue weighted by Crippen LogP contribution is -2.23. The van der Waals surface area contributed by atoms with Crippen molar-refractivity contribution in [3.05, 3.63) is 36.6 Å². The molecule has 1 unspecified atom stereocenters. The van der Waals surface area contributed by atoms with E-state index in [2.05, 4.69) is 13.2 Å². The highest BCUT2D eigenvalue weighted by atomic mass is 16.5. The highest BCUT2D eigenvalue weighted by molar-refractivity contribution is 5.81. The maximum Gasteiger partial charge on any atom is 0.330 e. The van der Waals surface area contributed by atoms with Crippen molar-refractivity contribution in [1.29, 1.82) is 0 Å². The second kappa shape index (κ2) is 6.91. The maximum absolute atomic E-state index is 10.8. The third-order valence-electron chi connectivity index (χ3n) is 2.51. The summed E-state index contributed by atoms with van der Waals surface area (Å²) in [5.41, 5.74) is 1.23. The zero-order valence-corrected chi connectivity index (χ0v) is 9.85. The summed E-state index contributed by atoms with van der Waals surface area (Å²) >= 11 is 0. The van der Waals surface area contributed by atoms with Crippen LogP contribution in [0.3, 0.4) is 0 Å². The van der Waals surface area contributed by atoms with Crippen LogP contribution in [0.1, 0.15) is 19.3 Å². The first kappa shape index (κ1) is 13.5. The van der Waals surface area contributed by atoms with E-state index in [4.69, 9.17) is 9.47 Å². The van der Waals surface area contributed by atoms with Crippen molar-refractivity contribution in [1.82, 2.24) is 0 Å². The van der Waals surface area contributed by atoms with Gasteiger partial charge in [-0.15, -0.1) is 0 Å². The van der Waals surface area contributed by atoms with Crippen LogP contribution in [0.25, 0.3) is 0 Å². The van der Waals surface area contributed by atoms with Gasteiger partial charge < -0.3 is 14.6 Å². The van der Waals surface area contributed by atoms with Gasteiger partial charge in [-0.1, -0.05) is 13.2 Å². The van der Waals surface area contributed by atoms with Gasteiger partial charge >= 0.3 is 5.97 Å². The van der Waals surface area contributed by atoms with Gasteiger partial charge in [-0.25, -0.2) is 4.79 Å². The van der Waals surface area contributed by atoms with E-state index in [1.807, 2.05) is 0 Å². The fourth-order valence-electron chi connectivity index (χ4n) is 1.38. The topological polar surface area (TPSA) is 55.8 Å². The van der Waals surface area contributed by atoms with Crippen molar-refractivity contribution in [3.63, 3.8) is 0 Å². The smallest absolute Gasteiger partial charge is 0.330 e. The van der Waals surface area contributed by atoms with Crippen LogP contribution in [0.15, 0.2) is 36.6 Å². The normalized spacial score (nSPS) is 15.5. The Morgan fingerprint density at radius 3 is 2.41 bits per heavy atom. The van der Waals surface area contributed by atoms with Gasteiger partial charge in [-0.2, -0.15) is 0 Å². The van der Waals surface area contributed by atoms with Crippen molar-refractivity contribution in [3.8, 4) is 0 Å². The Morgan fingerprint density at radius 1 is 1.29 bits per heavy atom. The molecule has 0 aromatic rings. The standard InChI is InChI=1S/C13H18O4/c1-3-12(10-6-5-7-10)16-8-11(14)9-17-13(15)4-2/h3-4,11,14H,1-2,5-9H2. The zero-order chi connectivity index (χ0) is 12.7. The van der Waals surface area contributed by atoms with Crippen LogP contribution in [0.4, 0.5) is 0 Å². The summed E-state index contributed by atoms with van der Waals surface area (Å²) in [5, 5.41) is 9.52. The number of esters is 1. The molecule has 0 saturated heterocycles. The van der Waals surface area contributed by atoms with E-state index in [1.54, 1.807) is 6.08 Å². The summed E-state index contributed by atoms with van der Waals surface area (Å²) in [5.74, 6) is 0.190. The lowest BCUT2D eigenvalue weighted by Gasteiger charge is -2.21. The van der Waals surface area contributed by atoms with Gasteiger partial charge in [0.1, 0.15) is 25.1 Å². The highest BCUT2D eigenvalue weighted by Gasteiger charge is 2.15. The number of carbonyl (C=O) groups is 1. The second-order valence-electron chi connectivity index (χ2n) is 3.82. The largest absolute Gasteiger partial charge is 0.491 e. The number of rotatable bonds is 7. The molecule has 4 heteroatoms. The zero-order valence-electron chi connectivity index (χ0n) is 9.85. The van der Waals surface area contributed by atoms with Crippen molar-refractivity contribution in [2.75, 3.05) is 13.2 Å². The monoisotopic (exact) mass is 238 g/mol. The van der Waals surface area contributed by atoms with Crippen molar-refractivity contribution in [2.24, 2.45) is 0 Å². The predicted molar refractivity (Wildman–Crippen MR) is 64.2 cm³/mol. The molecule has 1 rings (SSSR count). The predicted octanol–water partition coefficient (Wildman–Crippen LogP) is 1.72. The number of carbonyl (C=O) groups excluding carboxylic acids is 1. The number of allylic oxidation sites excluding steroid dienone is 2. The average Bonchev–Trinajstić information content (AvgIpc) is 2.28. The molecule has 0 bridgehead atoms. The Kier molecular flexibility index (Phi) is 5.49. The van der Waals surface area contributed by atoms with Gasteiger partial charge in [0.05, 0.1) is 0 Å². The van der Waals surface area contributed by atoms with Crippen molar-refractivity contribution in [2.45, 2.75) is 25.4 Å². The number of ether oxygens (including phenoxy) is 2. The summed E-state index contributed by atoms with van der Waals surface area (Å²) in [6.07, 6.45) is 5.10. The first-order chi connectivity index (χ1) is 8.17. The number of aliphatic hydroxyl groups is 1. The molecule has 0 heterocycles. The van der Waals surface area contributed by atoms with E-state index in [0.29, 0.717) is 0 Å². The molecule has 0 radical (unpaired) electrons. The third kappa shape index (κ3) is 4.44. The highest BCUT2D eigenvalue weighted by Crippen LogP contribution is 2.29. The molecular formula is C13H18O4. The quantitative estimate of drug-likeness (QED) is 0.417. The molecule has 17 heavy (non-hydrogen) atoms. The fraction of sp³-hybridized carbons (Fsp3) is 0.462. The molecule has 0 aliphatic heterocycles.